The summed E-state index contributed by atoms with van der Waals surface area (Å²) in [5.74, 6) is 0.914. The van der Waals surface area contributed by atoms with Crippen molar-refractivity contribution in [3.8, 4) is 0 Å². The second-order valence-corrected chi connectivity index (χ2v) is 4.26. The molecule has 16 heavy (non-hydrogen) atoms. The van der Waals surface area contributed by atoms with E-state index in [9.17, 15) is 5.11 Å². The Labute approximate surface area is 94.9 Å². The molecule has 0 saturated heterocycles. The molecule has 2 N–H and O–H groups in total. The summed E-state index contributed by atoms with van der Waals surface area (Å²) in [5.41, 5.74) is 3.09. The monoisotopic (exact) mass is 219 g/mol. The molecule has 1 aromatic carbocycles. The molecule has 0 spiro atoms. The SMILES string of the molecule is Cc1nc2ccc(C(CO)N(C)C)cc2[nH]1. The van der Waals surface area contributed by atoms with Gasteiger partial charge in [-0.1, -0.05) is 6.07 Å². The van der Waals surface area contributed by atoms with Crippen molar-refractivity contribution in [3.63, 3.8) is 0 Å². The summed E-state index contributed by atoms with van der Waals surface area (Å²) >= 11 is 0. The van der Waals surface area contributed by atoms with E-state index in [0.717, 1.165) is 22.4 Å². The van der Waals surface area contributed by atoms with Crippen molar-refractivity contribution in [2.24, 2.45) is 0 Å². The highest BCUT2D eigenvalue weighted by Crippen LogP contribution is 2.21. The van der Waals surface area contributed by atoms with Gasteiger partial charge in [-0.25, -0.2) is 4.98 Å². The Balaban J connectivity index is 2.44. The number of fused-ring (bicyclic) bond motifs is 1. The summed E-state index contributed by atoms with van der Waals surface area (Å²) in [6.45, 7) is 2.06. The fraction of sp³-hybridized carbons (Fsp3) is 0.417. The first kappa shape index (κ1) is 11.1. The molecule has 1 unspecified atom stereocenters. The van der Waals surface area contributed by atoms with Crippen molar-refractivity contribution >= 4 is 11.0 Å². The van der Waals surface area contributed by atoms with Gasteiger partial charge in [0, 0.05) is 0 Å². The summed E-state index contributed by atoms with van der Waals surface area (Å²) in [5, 5.41) is 9.36. The van der Waals surface area contributed by atoms with Crippen molar-refractivity contribution < 1.29 is 5.11 Å². The molecule has 86 valence electrons. The number of rotatable bonds is 3. The van der Waals surface area contributed by atoms with E-state index >= 15 is 0 Å². The third kappa shape index (κ3) is 1.94. The van der Waals surface area contributed by atoms with Crippen molar-refractivity contribution in [3.05, 3.63) is 29.6 Å². The van der Waals surface area contributed by atoms with E-state index < -0.39 is 0 Å². The summed E-state index contributed by atoms with van der Waals surface area (Å²) in [7, 11) is 3.92. The number of H-pyrrole nitrogens is 1. The quantitative estimate of drug-likeness (QED) is 0.822. The first-order chi connectivity index (χ1) is 7.61. The number of hydrogen-bond acceptors (Lipinski definition) is 3. The molecule has 1 aromatic heterocycles. The number of hydrogen-bond donors (Lipinski definition) is 2. The van der Waals surface area contributed by atoms with Crippen LogP contribution in [0.25, 0.3) is 11.0 Å². The van der Waals surface area contributed by atoms with Crippen LogP contribution in [0.3, 0.4) is 0 Å². The van der Waals surface area contributed by atoms with Gasteiger partial charge in [-0.2, -0.15) is 0 Å². The maximum absolute atomic E-state index is 9.36. The van der Waals surface area contributed by atoms with Crippen molar-refractivity contribution in [1.82, 2.24) is 14.9 Å². The molecule has 0 aliphatic heterocycles. The average molecular weight is 219 g/mol. The lowest BCUT2D eigenvalue weighted by atomic mass is 10.1. The normalized spacial score (nSPS) is 13.6. The highest BCUT2D eigenvalue weighted by atomic mass is 16.3. The van der Waals surface area contributed by atoms with Crippen LogP contribution in [0.15, 0.2) is 18.2 Å². The van der Waals surface area contributed by atoms with Gasteiger partial charge in [-0.05, 0) is 38.7 Å². The number of nitrogens with one attached hydrogen (secondary N) is 1. The minimum absolute atomic E-state index is 0.0352. The lowest BCUT2D eigenvalue weighted by Gasteiger charge is -2.22. The number of aromatic amines is 1. The van der Waals surface area contributed by atoms with Crippen molar-refractivity contribution in [1.29, 1.82) is 0 Å². The van der Waals surface area contributed by atoms with Crippen LogP contribution >= 0.6 is 0 Å². The first-order valence-electron chi connectivity index (χ1n) is 5.35. The van der Waals surface area contributed by atoms with Gasteiger partial charge >= 0.3 is 0 Å². The number of aliphatic hydroxyl groups excluding tert-OH is 1. The van der Waals surface area contributed by atoms with Crippen molar-refractivity contribution in [2.75, 3.05) is 20.7 Å². The van der Waals surface area contributed by atoms with E-state index in [0.29, 0.717) is 0 Å². The van der Waals surface area contributed by atoms with Crippen LogP contribution in [-0.2, 0) is 0 Å². The molecule has 0 radical (unpaired) electrons. The van der Waals surface area contributed by atoms with Crippen LogP contribution in [0.5, 0.6) is 0 Å². The van der Waals surface area contributed by atoms with Gasteiger partial charge in [0.1, 0.15) is 5.82 Å². The van der Waals surface area contributed by atoms with Crippen LogP contribution in [-0.4, -0.2) is 40.7 Å². The Kier molecular flexibility index (Phi) is 2.94. The summed E-state index contributed by atoms with van der Waals surface area (Å²) in [6.07, 6.45) is 0. The number of aliphatic hydroxyl groups is 1. The maximum atomic E-state index is 9.36. The van der Waals surface area contributed by atoms with Gasteiger partial charge in [0.15, 0.2) is 0 Å². The molecule has 1 heterocycles. The number of benzene rings is 1. The summed E-state index contributed by atoms with van der Waals surface area (Å²) in [6, 6.07) is 6.09. The molecular weight excluding hydrogens is 202 g/mol. The lowest BCUT2D eigenvalue weighted by molar-refractivity contribution is 0.171. The molecule has 0 saturated carbocycles. The van der Waals surface area contributed by atoms with Gasteiger partial charge in [0.05, 0.1) is 23.7 Å². The topological polar surface area (TPSA) is 52.2 Å². The largest absolute Gasteiger partial charge is 0.394 e. The lowest BCUT2D eigenvalue weighted by Crippen LogP contribution is -2.22. The number of aryl methyl sites for hydroxylation is 1. The predicted molar refractivity (Wildman–Crippen MR) is 64.3 cm³/mol. The maximum Gasteiger partial charge on any atom is 0.104 e. The van der Waals surface area contributed by atoms with E-state index in [4.69, 9.17) is 0 Å². The molecular formula is C12H17N3O. The Hall–Kier alpha value is -1.39. The molecule has 4 nitrogen and oxygen atoms in total. The molecule has 0 aliphatic rings. The fourth-order valence-corrected chi connectivity index (χ4v) is 1.93. The van der Waals surface area contributed by atoms with Crippen LogP contribution in [0.2, 0.25) is 0 Å². The second-order valence-electron chi connectivity index (χ2n) is 4.26. The molecule has 0 aliphatic carbocycles. The molecule has 0 fully saturated rings. The van der Waals surface area contributed by atoms with E-state index in [1.54, 1.807) is 0 Å². The van der Waals surface area contributed by atoms with Gasteiger partial charge in [-0.3, -0.25) is 0 Å². The molecule has 0 bridgehead atoms. The highest BCUT2D eigenvalue weighted by Gasteiger charge is 2.13. The standard InChI is InChI=1S/C12H17N3O/c1-8-13-10-5-4-9(6-11(10)14-8)12(7-16)15(2)3/h4-6,12,16H,7H2,1-3H3,(H,13,14). The fourth-order valence-electron chi connectivity index (χ4n) is 1.93. The Morgan fingerprint density at radius 3 is 2.81 bits per heavy atom. The van der Waals surface area contributed by atoms with E-state index in [2.05, 4.69) is 16.0 Å². The molecule has 0 amide bonds. The van der Waals surface area contributed by atoms with Crippen molar-refractivity contribution in [2.45, 2.75) is 13.0 Å². The second kappa shape index (κ2) is 4.23. The molecule has 2 rings (SSSR count). The van der Waals surface area contributed by atoms with Crippen LogP contribution in [0.4, 0.5) is 0 Å². The zero-order valence-electron chi connectivity index (χ0n) is 9.86. The van der Waals surface area contributed by atoms with Crippen LogP contribution in [0.1, 0.15) is 17.4 Å². The van der Waals surface area contributed by atoms with Gasteiger partial charge in [0.2, 0.25) is 0 Å². The zero-order valence-corrected chi connectivity index (χ0v) is 9.86. The summed E-state index contributed by atoms with van der Waals surface area (Å²) < 4.78 is 0. The minimum Gasteiger partial charge on any atom is -0.394 e. The number of likely N-dealkylation sites (N-methyl/N-ethyl adjacent to an activating group) is 1. The Morgan fingerprint density at radius 2 is 2.19 bits per heavy atom. The minimum atomic E-state index is 0.0352. The van der Waals surface area contributed by atoms with E-state index in [1.807, 2.05) is 38.1 Å². The molecule has 2 aromatic rings. The highest BCUT2D eigenvalue weighted by molar-refractivity contribution is 5.75. The first-order valence-corrected chi connectivity index (χ1v) is 5.35. The number of aromatic nitrogens is 2. The third-order valence-corrected chi connectivity index (χ3v) is 2.81. The van der Waals surface area contributed by atoms with Crippen LogP contribution in [0, 0.1) is 6.92 Å². The van der Waals surface area contributed by atoms with Crippen LogP contribution < -0.4 is 0 Å². The zero-order chi connectivity index (χ0) is 11.7. The Morgan fingerprint density at radius 1 is 1.44 bits per heavy atom. The van der Waals surface area contributed by atoms with E-state index in [-0.39, 0.29) is 12.6 Å². The van der Waals surface area contributed by atoms with Gasteiger partial charge in [0.25, 0.3) is 0 Å². The number of nitrogens with zero attached hydrogens (tertiary/aromatic N) is 2. The summed E-state index contributed by atoms with van der Waals surface area (Å²) in [4.78, 5) is 9.56. The smallest absolute Gasteiger partial charge is 0.104 e. The van der Waals surface area contributed by atoms with Gasteiger partial charge < -0.3 is 15.0 Å². The Bertz CT molecular complexity index is 490. The van der Waals surface area contributed by atoms with Gasteiger partial charge in [-0.15, -0.1) is 0 Å². The molecule has 4 heteroatoms. The third-order valence-electron chi connectivity index (χ3n) is 2.81. The predicted octanol–water partition coefficient (Wildman–Crippen LogP) is 1.47. The molecule has 1 atom stereocenters. The van der Waals surface area contributed by atoms with E-state index in [1.165, 1.54) is 0 Å². The average Bonchev–Trinajstić information content (AvgIpc) is 2.57. The number of imidazole rings is 1.